The zero-order chi connectivity index (χ0) is 18.6. The van der Waals surface area contributed by atoms with Crippen LogP contribution in [0, 0.1) is 43.4 Å². The van der Waals surface area contributed by atoms with Crippen molar-refractivity contribution >= 4 is 27.8 Å². The molecule has 0 aromatic heterocycles. The van der Waals surface area contributed by atoms with E-state index in [2.05, 4.69) is 103 Å². The van der Waals surface area contributed by atoms with Gasteiger partial charge in [0.15, 0.2) is 0 Å². The molecule has 1 rings (SSSR count). The Morgan fingerprint density at radius 1 is 0.826 bits per heavy atom. The number of halogens is 2. The zero-order valence-electron chi connectivity index (χ0n) is 15.8. The van der Waals surface area contributed by atoms with E-state index in [1.54, 1.807) is 0 Å². The summed E-state index contributed by atoms with van der Waals surface area (Å²) in [5.41, 5.74) is 0. The van der Waals surface area contributed by atoms with E-state index >= 15 is 0 Å². The summed E-state index contributed by atoms with van der Waals surface area (Å²) in [6.07, 6.45) is 8.71. The third-order valence-corrected chi connectivity index (χ3v) is 4.96. The van der Waals surface area contributed by atoms with Crippen LogP contribution < -0.4 is 0 Å². The molecule has 6 radical (unpaired) electrons. The van der Waals surface area contributed by atoms with Crippen LogP contribution in [0.3, 0.4) is 0 Å². The minimum absolute atomic E-state index is 0.238. The average Bonchev–Trinajstić information content (AvgIpc) is 2.39. The van der Waals surface area contributed by atoms with Gasteiger partial charge in [0, 0.05) is 0 Å². The molecule has 1 fully saturated rings. The molecule has 0 aromatic carbocycles. The van der Waals surface area contributed by atoms with Gasteiger partial charge < -0.3 is 0 Å². The summed E-state index contributed by atoms with van der Waals surface area (Å²) in [5.74, 6) is 3.41. The summed E-state index contributed by atoms with van der Waals surface area (Å²) >= 11 is -0.346. The molecule has 0 atom stereocenters. The van der Waals surface area contributed by atoms with Crippen LogP contribution in [-0.4, -0.2) is 56.3 Å². The summed E-state index contributed by atoms with van der Waals surface area (Å²) in [7, 11) is 22.1. The van der Waals surface area contributed by atoms with Crippen LogP contribution in [-0.2, 0) is 15.1 Å². The molecule has 1 saturated carbocycles. The van der Waals surface area contributed by atoms with Crippen LogP contribution in [0.2, 0.25) is 0 Å². The van der Waals surface area contributed by atoms with E-state index in [1.165, 1.54) is 11.8 Å². The predicted octanol–water partition coefficient (Wildman–Crippen LogP) is 4.92. The Labute approximate surface area is 163 Å². The van der Waals surface area contributed by atoms with Crippen LogP contribution in [0.25, 0.3) is 0 Å². The summed E-state index contributed by atoms with van der Waals surface area (Å²) < 4.78 is 6.69. The van der Waals surface area contributed by atoms with Gasteiger partial charge in [-0.3, -0.25) is 14.0 Å². The van der Waals surface area contributed by atoms with Gasteiger partial charge in [0.1, 0.15) is 8.37 Å². The molecule has 0 aliphatic heterocycles. The summed E-state index contributed by atoms with van der Waals surface area (Å²) in [5, 5.41) is 0. The fraction of sp³-hybridized carbons (Fsp3) is 0.625. The Bertz CT molecular complexity index is 243. The van der Waals surface area contributed by atoms with E-state index < -0.39 is 0 Å². The molecule has 0 spiro atoms. The van der Waals surface area contributed by atoms with Crippen molar-refractivity contribution in [3.05, 3.63) is 37.5 Å². The Kier molecular flexibility index (Phi) is 18.3. The Hall–Kier alpha value is 1.51. The Morgan fingerprint density at radius 2 is 1.13 bits per heavy atom. The van der Waals surface area contributed by atoms with E-state index in [-0.39, 0.29) is 23.5 Å². The van der Waals surface area contributed by atoms with Crippen LogP contribution in [0.1, 0.15) is 20.8 Å². The van der Waals surface area contributed by atoms with Gasteiger partial charge in [0.05, 0.1) is 0 Å². The third-order valence-electron chi connectivity index (χ3n) is 2.82. The molecule has 0 unspecified atom stereocenters. The topological polar surface area (TPSA) is 9.72 Å². The monoisotopic (exact) mass is 469 g/mol. The maximum absolute atomic E-state index is 4.85. The second kappa shape index (κ2) is 15.7. The maximum atomic E-state index is 4.85. The van der Waals surface area contributed by atoms with Crippen molar-refractivity contribution in [2.24, 2.45) is 5.92 Å². The van der Waals surface area contributed by atoms with Crippen LogP contribution in [0.4, 0.5) is 0 Å². The first-order valence-corrected chi connectivity index (χ1v) is 13.0. The predicted molar refractivity (Wildman–Crippen MR) is 104 cm³/mol. The van der Waals surface area contributed by atoms with Crippen molar-refractivity contribution in [3.63, 3.8) is 0 Å². The van der Waals surface area contributed by atoms with Crippen LogP contribution in [0.5, 0.6) is 0 Å². The molecular formula is C16H32Cl2N3PRu. The van der Waals surface area contributed by atoms with E-state index in [0.29, 0.717) is 5.92 Å². The molecule has 138 valence electrons. The SMILES string of the molecule is CN(C)P(N(C)C)N(C)C.C[C]1[CH][CH][C](C(C)C)[CH][CH]1.[Cl][Ru][Cl]. The van der Waals surface area contributed by atoms with Gasteiger partial charge in [-0.15, -0.1) is 0 Å². The van der Waals surface area contributed by atoms with Gasteiger partial charge in [0.25, 0.3) is 0 Å². The summed E-state index contributed by atoms with van der Waals surface area (Å²) in [4.78, 5) is 0. The molecule has 0 aromatic rings. The van der Waals surface area contributed by atoms with Crippen LogP contribution >= 0.6 is 27.8 Å². The van der Waals surface area contributed by atoms with Crippen molar-refractivity contribution in [1.82, 2.24) is 14.0 Å². The van der Waals surface area contributed by atoms with E-state index in [9.17, 15) is 0 Å². The van der Waals surface area contributed by atoms with E-state index in [4.69, 9.17) is 19.4 Å². The van der Waals surface area contributed by atoms with Crippen molar-refractivity contribution in [2.75, 3.05) is 42.3 Å². The third kappa shape index (κ3) is 14.4. The summed E-state index contributed by atoms with van der Waals surface area (Å²) in [6, 6.07) is 0. The molecule has 0 amide bonds. The van der Waals surface area contributed by atoms with Gasteiger partial charge >= 0.3 is 34.5 Å². The fourth-order valence-corrected chi connectivity index (χ4v) is 4.17. The molecule has 0 bridgehead atoms. The average molecular weight is 469 g/mol. The molecule has 1 aliphatic rings. The molecular weight excluding hydrogens is 437 g/mol. The molecule has 3 nitrogen and oxygen atoms in total. The Balaban J connectivity index is 0. The standard InChI is InChI=1S/C10H14.C6H18N3P.2ClH.Ru/c1-8(2)10-6-4-9(3)5-7-10;1-7(2)10(8(3)4)9(5)6;;;/h4-8H,1-3H3;1-6H3;2*1H;/q;;;;+2/p-2. The normalized spacial score (nSPS) is 16.9. The van der Waals surface area contributed by atoms with E-state index in [0.717, 1.165) is 0 Å². The van der Waals surface area contributed by atoms with Crippen LogP contribution in [0.15, 0.2) is 0 Å². The molecule has 23 heavy (non-hydrogen) atoms. The molecule has 0 heterocycles. The fourth-order valence-electron chi connectivity index (χ4n) is 2.02. The van der Waals surface area contributed by atoms with E-state index in [1.807, 2.05) is 0 Å². The minimum atomic E-state index is -0.346. The first-order valence-electron chi connectivity index (χ1n) is 7.32. The zero-order valence-corrected chi connectivity index (χ0v) is 19.9. The van der Waals surface area contributed by atoms with Gasteiger partial charge in [-0.1, -0.05) is 20.8 Å². The number of hydrogen-bond acceptors (Lipinski definition) is 3. The Morgan fingerprint density at radius 3 is 1.30 bits per heavy atom. The van der Waals surface area contributed by atoms with Crippen molar-refractivity contribution in [2.45, 2.75) is 20.8 Å². The number of rotatable bonds is 4. The second-order valence-corrected chi connectivity index (χ2v) is 11.5. The molecule has 1 aliphatic carbocycles. The van der Waals surface area contributed by atoms with Gasteiger partial charge in [-0.2, -0.15) is 0 Å². The number of nitrogens with zero attached hydrogens (tertiary/aromatic N) is 3. The second-order valence-electron chi connectivity index (χ2n) is 5.93. The number of hydrogen-bond donors (Lipinski definition) is 0. The van der Waals surface area contributed by atoms with Crippen molar-refractivity contribution < 1.29 is 15.1 Å². The molecule has 7 heteroatoms. The molecule has 0 N–H and O–H groups in total. The first kappa shape index (κ1) is 26.7. The van der Waals surface area contributed by atoms with Gasteiger partial charge in [-0.25, -0.2) is 0 Å². The first-order chi connectivity index (χ1) is 10.6. The molecule has 0 saturated heterocycles. The van der Waals surface area contributed by atoms with Gasteiger partial charge in [0.2, 0.25) is 0 Å². The quantitative estimate of drug-likeness (QED) is 0.428. The van der Waals surface area contributed by atoms with Crippen molar-refractivity contribution in [3.8, 4) is 0 Å². The van der Waals surface area contributed by atoms with Crippen molar-refractivity contribution in [1.29, 1.82) is 0 Å². The summed E-state index contributed by atoms with van der Waals surface area (Å²) in [6.45, 7) is 6.54. The van der Waals surface area contributed by atoms with Gasteiger partial charge in [-0.05, 0) is 85.7 Å².